The fourth-order valence-electron chi connectivity index (χ4n) is 2.25. The zero-order valence-electron chi connectivity index (χ0n) is 13.4. The van der Waals surface area contributed by atoms with Crippen LogP contribution in [0.2, 0.25) is 0 Å². The van der Waals surface area contributed by atoms with Crippen LogP contribution in [-0.2, 0) is 0 Å². The highest BCUT2D eigenvalue weighted by Gasteiger charge is 2.13. The van der Waals surface area contributed by atoms with Crippen LogP contribution in [0.5, 0.6) is 17.2 Å². The molecule has 0 saturated heterocycles. The Balaban J connectivity index is 2.02. The smallest absolute Gasteiger partial charge is 0.216 e. The predicted molar refractivity (Wildman–Crippen MR) is 96.8 cm³/mol. The highest BCUT2D eigenvalue weighted by atomic mass is 32.1. The number of aromatic hydroxyl groups is 2. The molecule has 1 heterocycles. The average molecular weight is 356 g/mol. The van der Waals surface area contributed by atoms with Gasteiger partial charge in [-0.15, -0.1) is 0 Å². The van der Waals surface area contributed by atoms with E-state index in [0.717, 1.165) is 5.56 Å². The number of phenolic OH excluding ortho intramolecular Hbond substituents is 2. The molecule has 0 atom stereocenters. The van der Waals surface area contributed by atoms with Crippen molar-refractivity contribution in [2.75, 3.05) is 6.61 Å². The lowest BCUT2D eigenvalue weighted by atomic mass is 10.2. The summed E-state index contributed by atoms with van der Waals surface area (Å²) in [5.74, 6) is 0.774. The van der Waals surface area contributed by atoms with Gasteiger partial charge in [-0.2, -0.15) is 14.9 Å². The molecule has 0 radical (unpaired) electrons. The average Bonchev–Trinajstić information content (AvgIpc) is 2.97. The Morgan fingerprint density at radius 2 is 2.04 bits per heavy atom. The number of para-hydroxylation sites is 1. The van der Waals surface area contributed by atoms with E-state index in [2.05, 4.69) is 15.3 Å². The molecule has 0 aliphatic carbocycles. The first-order valence-corrected chi connectivity index (χ1v) is 7.97. The van der Waals surface area contributed by atoms with Crippen LogP contribution in [0.15, 0.2) is 47.6 Å². The van der Waals surface area contributed by atoms with Crippen LogP contribution in [-0.4, -0.2) is 37.9 Å². The third-order valence-electron chi connectivity index (χ3n) is 3.40. The predicted octanol–water partition coefficient (Wildman–Crippen LogP) is 3.30. The SMILES string of the molecule is CCOc1ccccc1-c1n[nH]c(=S)n1/N=C\c1ccc(O)c(O)c1. The minimum absolute atomic E-state index is 0.191. The number of hydrogen-bond donors (Lipinski definition) is 3. The summed E-state index contributed by atoms with van der Waals surface area (Å²) in [7, 11) is 0. The van der Waals surface area contributed by atoms with E-state index in [1.54, 1.807) is 6.07 Å². The summed E-state index contributed by atoms with van der Waals surface area (Å²) in [5, 5.41) is 30.2. The maximum atomic E-state index is 9.57. The van der Waals surface area contributed by atoms with Crippen LogP contribution >= 0.6 is 12.2 Å². The molecule has 8 heteroatoms. The fraction of sp³-hybridized carbons (Fsp3) is 0.118. The Morgan fingerprint density at radius 1 is 1.24 bits per heavy atom. The van der Waals surface area contributed by atoms with E-state index in [1.807, 2.05) is 31.2 Å². The Hall–Kier alpha value is -3.13. The number of nitrogens with one attached hydrogen (secondary N) is 1. The molecule has 2 aromatic carbocycles. The van der Waals surface area contributed by atoms with Crippen LogP contribution in [0, 0.1) is 4.77 Å². The van der Waals surface area contributed by atoms with Crippen molar-refractivity contribution in [1.82, 2.24) is 14.9 Å². The summed E-state index contributed by atoms with van der Waals surface area (Å²) in [5.41, 5.74) is 1.35. The molecular formula is C17H16N4O3S. The van der Waals surface area contributed by atoms with E-state index >= 15 is 0 Å². The summed E-state index contributed by atoms with van der Waals surface area (Å²) >= 11 is 5.24. The van der Waals surface area contributed by atoms with Gasteiger partial charge in [0.1, 0.15) is 5.75 Å². The molecule has 3 rings (SSSR count). The molecule has 0 amide bonds. The van der Waals surface area contributed by atoms with E-state index in [1.165, 1.54) is 23.0 Å². The number of H-pyrrole nitrogens is 1. The number of aromatic nitrogens is 3. The van der Waals surface area contributed by atoms with Gasteiger partial charge in [-0.1, -0.05) is 12.1 Å². The Labute approximate surface area is 148 Å². The largest absolute Gasteiger partial charge is 0.504 e. The van der Waals surface area contributed by atoms with Gasteiger partial charge in [-0.3, -0.25) is 0 Å². The van der Waals surface area contributed by atoms with E-state index in [9.17, 15) is 10.2 Å². The van der Waals surface area contributed by atoms with E-state index in [-0.39, 0.29) is 11.5 Å². The standard InChI is InChI=1S/C17H16N4O3S/c1-2-24-15-6-4-3-5-12(15)16-19-20-17(25)21(16)18-10-11-7-8-13(22)14(23)9-11/h3-10,22-23H,2H2,1H3,(H,20,25)/b18-10-. The molecule has 3 aromatic rings. The Morgan fingerprint density at radius 3 is 2.80 bits per heavy atom. The molecule has 0 saturated carbocycles. The first-order chi connectivity index (χ1) is 12.1. The molecule has 7 nitrogen and oxygen atoms in total. The molecule has 0 aliphatic rings. The summed E-state index contributed by atoms with van der Waals surface area (Å²) in [6.45, 7) is 2.43. The van der Waals surface area contributed by atoms with Crippen LogP contribution in [0.4, 0.5) is 0 Å². The van der Waals surface area contributed by atoms with Crippen LogP contribution in [0.3, 0.4) is 0 Å². The first-order valence-electron chi connectivity index (χ1n) is 7.56. The lowest BCUT2D eigenvalue weighted by Gasteiger charge is -2.08. The summed E-state index contributed by atoms with van der Waals surface area (Å²) in [4.78, 5) is 0. The molecule has 1 aromatic heterocycles. The lowest BCUT2D eigenvalue weighted by molar-refractivity contribution is 0.341. The summed E-state index contributed by atoms with van der Waals surface area (Å²) in [6, 6.07) is 11.9. The fourth-order valence-corrected chi connectivity index (χ4v) is 2.43. The number of rotatable bonds is 5. The van der Waals surface area contributed by atoms with Crippen molar-refractivity contribution in [3.8, 4) is 28.6 Å². The molecule has 0 spiro atoms. The van der Waals surface area contributed by atoms with Gasteiger partial charge in [-0.05, 0) is 55.0 Å². The molecule has 3 N–H and O–H groups in total. The van der Waals surface area contributed by atoms with Crippen LogP contribution in [0.25, 0.3) is 11.4 Å². The van der Waals surface area contributed by atoms with Crippen molar-refractivity contribution in [1.29, 1.82) is 0 Å². The van der Waals surface area contributed by atoms with Crippen molar-refractivity contribution >= 4 is 18.4 Å². The highest BCUT2D eigenvalue weighted by molar-refractivity contribution is 7.71. The van der Waals surface area contributed by atoms with E-state index in [4.69, 9.17) is 17.0 Å². The normalized spacial score (nSPS) is 11.1. The number of phenols is 2. The third kappa shape index (κ3) is 3.53. The van der Waals surface area contributed by atoms with Crippen LogP contribution in [0.1, 0.15) is 12.5 Å². The number of hydrogen-bond acceptors (Lipinski definition) is 6. The number of benzene rings is 2. The van der Waals surface area contributed by atoms with Gasteiger partial charge in [0.15, 0.2) is 17.3 Å². The summed E-state index contributed by atoms with van der Waals surface area (Å²) < 4.78 is 7.42. The van der Waals surface area contributed by atoms with Gasteiger partial charge >= 0.3 is 0 Å². The van der Waals surface area contributed by atoms with Crippen molar-refractivity contribution in [3.63, 3.8) is 0 Å². The monoisotopic (exact) mass is 356 g/mol. The lowest BCUT2D eigenvalue weighted by Crippen LogP contribution is -1.99. The second-order valence-electron chi connectivity index (χ2n) is 5.09. The zero-order valence-corrected chi connectivity index (χ0v) is 14.2. The van der Waals surface area contributed by atoms with Gasteiger partial charge in [0.2, 0.25) is 4.77 Å². The van der Waals surface area contributed by atoms with Crippen molar-refractivity contribution in [2.24, 2.45) is 5.10 Å². The molecule has 25 heavy (non-hydrogen) atoms. The second kappa shape index (κ2) is 7.18. The minimum atomic E-state index is -0.221. The molecular weight excluding hydrogens is 340 g/mol. The van der Waals surface area contributed by atoms with Gasteiger partial charge in [0.25, 0.3) is 0 Å². The molecule has 0 aliphatic heterocycles. The molecule has 0 bridgehead atoms. The highest BCUT2D eigenvalue weighted by Crippen LogP contribution is 2.28. The van der Waals surface area contributed by atoms with Gasteiger partial charge in [0.05, 0.1) is 18.4 Å². The van der Waals surface area contributed by atoms with Crippen molar-refractivity contribution in [2.45, 2.75) is 6.92 Å². The second-order valence-corrected chi connectivity index (χ2v) is 5.47. The van der Waals surface area contributed by atoms with Crippen molar-refractivity contribution < 1.29 is 14.9 Å². The van der Waals surface area contributed by atoms with Gasteiger partial charge < -0.3 is 14.9 Å². The zero-order chi connectivity index (χ0) is 17.8. The van der Waals surface area contributed by atoms with E-state index in [0.29, 0.717) is 28.5 Å². The van der Waals surface area contributed by atoms with E-state index < -0.39 is 0 Å². The maximum absolute atomic E-state index is 9.57. The minimum Gasteiger partial charge on any atom is -0.504 e. The van der Waals surface area contributed by atoms with Gasteiger partial charge in [0, 0.05) is 0 Å². The summed E-state index contributed by atoms with van der Waals surface area (Å²) in [6.07, 6.45) is 1.51. The maximum Gasteiger partial charge on any atom is 0.216 e. The molecule has 128 valence electrons. The Kier molecular flexibility index (Phi) is 4.80. The third-order valence-corrected chi connectivity index (χ3v) is 3.66. The van der Waals surface area contributed by atoms with Crippen LogP contribution < -0.4 is 4.74 Å². The molecule has 0 fully saturated rings. The van der Waals surface area contributed by atoms with Gasteiger partial charge in [-0.25, -0.2) is 5.10 Å². The number of nitrogens with zero attached hydrogens (tertiary/aromatic N) is 3. The number of ether oxygens (including phenoxy) is 1. The Bertz CT molecular complexity index is 978. The quantitative estimate of drug-likeness (QED) is 0.370. The topological polar surface area (TPSA) is 95.7 Å². The number of aromatic amines is 1. The van der Waals surface area contributed by atoms with Crippen molar-refractivity contribution in [3.05, 3.63) is 52.8 Å². The first kappa shape index (κ1) is 16.7. The molecule has 0 unspecified atom stereocenters.